The summed E-state index contributed by atoms with van der Waals surface area (Å²) in [6.45, 7) is 8.46. The van der Waals surface area contributed by atoms with Gasteiger partial charge in [0.25, 0.3) is 5.91 Å². The molecule has 254 valence electrons. The van der Waals surface area contributed by atoms with Crippen LogP contribution in [-0.2, 0) is 32.3 Å². The van der Waals surface area contributed by atoms with E-state index in [9.17, 15) is 19.2 Å². The minimum Gasteiger partial charge on any atom is -0.371 e. The molecule has 11 nitrogen and oxygen atoms in total. The minimum atomic E-state index is -0.930. The monoisotopic (exact) mass is 646 g/mol. The van der Waals surface area contributed by atoms with Crippen LogP contribution in [-0.4, -0.2) is 88.6 Å². The van der Waals surface area contributed by atoms with Gasteiger partial charge in [0.15, 0.2) is 0 Å². The molecule has 1 aromatic heterocycles. The molecule has 2 N–H and O–H groups in total. The summed E-state index contributed by atoms with van der Waals surface area (Å²) in [4.78, 5) is 57.8. The predicted octanol–water partition coefficient (Wildman–Crippen LogP) is 3.25. The topological polar surface area (TPSA) is 126 Å². The van der Waals surface area contributed by atoms with Gasteiger partial charge in [-0.1, -0.05) is 63.4 Å². The standard InChI is InChI=1S/C36H50N6O5/c1-24(47-20-26-13-9-6-10-14-26)30(32(44)37-4)39-31(43)29-19-40(21-36(29)22-41(23-36)34(46)28-15-35(28,2)3)33(45)27-16-38-42(18-27)17-25-11-7-5-8-12-25/h6,9-10,13-14,16,18,24-25,28-30H,5,7-8,11-12,15,17,19-23H2,1-4H3,(H,37,44)(H,39,43)/t24-,28?,29?,30+/m1/s1. The lowest BCUT2D eigenvalue weighted by Crippen LogP contribution is -2.65. The van der Waals surface area contributed by atoms with Gasteiger partial charge in [0.2, 0.25) is 17.7 Å². The number of nitrogens with one attached hydrogen (secondary N) is 2. The molecule has 4 aliphatic rings. The Balaban J connectivity index is 1.16. The SMILES string of the molecule is CNC(=O)[C@@H](NC(=O)C1CN(C(=O)c2cnn(CC3CCCCC3)c2)CC12CN(C(=O)C1CC1(C)C)C2)[C@@H](C)OCc1ccccc1. The lowest BCUT2D eigenvalue weighted by molar-refractivity contribution is -0.152. The Morgan fingerprint density at radius 3 is 2.34 bits per heavy atom. The van der Waals surface area contributed by atoms with E-state index in [4.69, 9.17) is 4.74 Å². The molecule has 4 atom stereocenters. The third-order valence-electron chi connectivity index (χ3n) is 11.1. The first kappa shape index (κ1) is 33.2. The molecule has 47 heavy (non-hydrogen) atoms. The number of likely N-dealkylation sites (N-methyl/N-ethyl adjacent to an activating group) is 1. The summed E-state index contributed by atoms with van der Waals surface area (Å²) in [5, 5.41) is 10.1. The highest BCUT2D eigenvalue weighted by Crippen LogP contribution is 2.54. The van der Waals surface area contributed by atoms with Gasteiger partial charge in [0.1, 0.15) is 6.04 Å². The first-order valence-corrected chi connectivity index (χ1v) is 17.3. The largest absolute Gasteiger partial charge is 0.371 e. The number of likely N-dealkylation sites (tertiary alicyclic amines) is 2. The van der Waals surface area contributed by atoms with Crippen LogP contribution in [0.1, 0.15) is 75.2 Å². The Morgan fingerprint density at radius 2 is 1.68 bits per heavy atom. The summed E-state index contributed by atoms with van der Waals surface area (Å²) in [6, 6.07) is 8.73. The third kappa shape index (κ3) is 7.10. The van der Waals surface area contributed by atoms with E-state index < -0.39 is 23.5 Å². The molecule has 6 rings (SSSR count). The van der Waals surface area contributed by atoms with Gasteiger partial charge in [-0.2, -0.15) is 5.10 Å². The number of hydrogen-bond acceptors (Lipinski definition) is 6. The number of carbonyl (C=O) groups excluding carboxylic acids is 4. The van der Waals surface area contributed by atoms with Gasteiger partial charge in [-0.15, -0.1) is 0 Å². The summed E-state index contributed by atoms with van der Waals surface area (Å²) >= 11 is 0. The van der Waals surface area contributed by atoms with Crippen molar-refractivity contribution in [3.05, 3.63) is 53.9 Å². The van der Waals surface area contributed by atoms with Crippen LogP contribution >= 0.6 is 0 Å². The molecule has 2 saturated carbocycles. The third-order valence-corrected chi connectivity index (χ3v) is 11.1. The fraction of sp³-hybridized carbons (Fsp3) is 0.639. The summed E-state index contributed by atoms with van der Waals surface area (Å²) in [5.41, 5.74) is 0.886. The van der Waals surface area contributed by atoms with Crippen LogP contribution in [0.15, 0.2) is 42.7 Å². The number of hydrogen-bond donors (Lipinski definition) is 2. The Bertz CT molecular complexity index is 1460. The van der Waals surface area contributed by atoms with Crippen molar-refractivity contribution >= 4 is 23.6 Å². The van der Waals surface area contributed by atoms with Gasteiger partial charge in [0.05, 0.1) is 30.4 Å². The number of ether oxygens (including phenoxy) is 1. The summed E-state index contributed by atoms with van der Waals surface area (Å²) in [6.07, 6.45) is 9.87. The zero-order valence-corrected chi connectivity index (χ0v) is 28.2. The zero-order valence-electron chi connectivity index (χ0n) is 28.2. The quantitative estimate of drug-likeness (QED) is 0.386. The molecule has 0 bridgehead atoms. The molecular formula is C36H50N6O5. The fourth-order valence-electron chi connectivity index (χ4n) is 7.88. The molecule has 1 aromatic carbocycles. The van der Waals surface area contributed by atoms with E-state index in [0.717, 1.165) is 18.5 Å². The van der Waals surface area contributed by atoms with E-state index in [-0.39, 0.29) is 41.5 Å². The highest BCUT2D eigenvalue weighted by atomic mass is 16.5. The Labute approximate surface area is 277 Å². The maximum absolute atomic E-state index is 14.1. The van der Waals surface area contributed by atoms with Gasteiger partial charge in [0, 0.05) is 57.3 Å². The van der Waals surface area contributed by atoms with E-state index in [1.54, 1.807) is 18.0 Å². The molecule has 1 spiro atoms. The number of carbonyl (C=O) groups is 4. The van der Waals surface area contributed by atoms with Crippen LogP contribution in [0.4, 0.5) is 0 Å². The molecule has 11 heteroatoms. The van der Waals surface area contributed by atoms with Crippen LogP contribution in [0, 0.1) is 28.6 Å². The average Bonchev–Trinajstić information content (AvgIpc) is 3.37. The molecule has 4 fully saturated rings. The van der Waals surface area contributed by atoms with Crippen molar-refractivity contribution < 1.29 is 23.9 Å². The van der Waals surface area contributed by atoms with Crippen molar-refractivity contribution in [2.75, 3.05) is 33.2 Å². The van der Waals surface area contributed by atoms with Crippen molar-refractivity contribution in [1.29, 1.82) is 0 Å². The molecule has 4 amide bonds. The van der Waals surface area contributed by atoms with Crippen LogP contribution in [0.2, 0.25) is 0 Å². The summed E-state index contributed by atoms with van der Waals surface area (Å²) in [7, 11) is 1.53. The van der Waals surface area contributed by atoms with E-state index in [2.05, 4.69) is 29.6 Å². The number of rotatable bonds is 11. The van der Waals surface area contributed by atoms with Crippen LogP contribution < -0.4 is 10.6 Å². The second kappa shape index (κ2) is 13.4. The van der Waals surface area contributed by atoms with Crippen molar-refractivity contribution in [3.8, 4) is 0 Å². The fourth-order valence-corrected chi connectivity index (χ4v) is 7.88. The van der Waals surface area contributed by atoms with E-state index in [1.165, 1.54) is 39.2 Å². The van der Waals surface area contributed by atoms with Crippen molar-refractivity contribution in [2.24, 2.45) is 28.6 Å². The molecule has 0 radical (unpaired) electrons. The van der Waals surface area contributed by atoms with Crippen LogP contribution in [0.25, 0.3) is 0 Å². The van der Waals surface area contributed by atoms with Crippen molar-refractivity contribution in [1.82, 2.24) is 30.2 Å². The summed E-state index contributed by atoms with van der Waals surface area (Å²) < 4.78 is 7.92. The Morgan fingerprint density at radius 1 is 1.00 bits per heavy atom. The first-order chi connectivity index (χ1) is 22.5. The zero-order chi connectivity index (χ0) is 33.3. The minimum absolute atomic E-state index is 0.00140. The lowest BCUT2D eigenvalue weighted by atomic mass is 9.70. The maximum atomic E-state index is 14.1. The smallest absolute Gasteiger partial charge is 0.257 e. The van der Waals surface area contributed by atoms with Gasteiger partial charge >= 0.3 is 0 Å². The van der Waals surface area contributed by atoms with E-state index in [0.29, 0.717) is 37.7 Å². The molecule has 2 aliphatic heterocycles. The van der Waals surface area contributed by atoms with Gasteiger partial charge in [-0.05, 0) is 43.1 Å². The number of aromatic nitrogens is 2. The molecule has 2 aliphatic carbocycles. The highest BCUT2D eigenvalue weighted by Gasteiger charge is 2.62. The number of nitrogens with zero attached hydrogens (tertiary/aromatic N) is 4. The van der Waals surface area contributed by atoms with Gasteiger partial charge in [-0.25, -0.2) is 0 Å². The Kier molecular flexibility index (Phi) is 9.47. The second-order valence-corrected chi connectivity index (χ2v) is 15.1. The van der Waals surface area contributed by atoms with Crippen molar-refractivity contribution in [3.63, 3.8) is 0 Å². The molecule has 2 saturated heterocycles. The van der Waals surface area contributed by atoms with Crippen LogP contribution in [0.3, 0.4) is 0 Å². The molecule has 2 aromatic rings. The average molecular weight is 647 g/mol. The van der Waals surface area contributed by atoms with Crippen LogP contribution in [0.5, 0.6) is 0 Å². The highest BCUT2D eigenvalue weighted by molar-refractivity contribution is 5.95. The van der Waals surface area contributed by atoms with Gasteiger partial charge in [-0.3, -0.25) is 23.9 Å². The number of benzene rings is 1. The predicted molar refractivity (Wildman–Crippen MR) is 176 cm³/mol. The number of amides is 4. The molecule has 2 unspecified atom stereocenters. The second-order valence-electron chi connectivity index (χ2n) is 15.1. The lowest BCUT2D eigenvalue weighted by Gasteiger charge is -2.50. The van der Waals surface area contributed by atoms with E-state index >= 15 is 0 Å². The summed E-state index contributed by atoms with van der Waals surface area (Å²) in [5.74, 6) is -0.710. The van der Waals surface area contributed by atoms with Crippen molar-refractivity contribution in [2.45, 2.75) is 84.6 Å². The Hall–Kier alpha value is -3.73. The molecule has 3 heterocycles. The normalized spacial score (nSPS) is 24.3. The first-order valence-electron chi connectivity index (χ1n) is 17.3. The maximum Gasteiger partial charge on any atom is 0.257 e. The van der Waals surface area contributed by atoms with Gasteiger partial charge < -0.3 is 25.2 Å². The molecular weight excluding hydrogens is 596 g/mol. The van der Waals surface area contributed by atoms with E-state index in [1.807, 2.05) is 46.1 Å².